The van der Waals surface area contributed by atoms with Gasteiger partial charge < -0.3 is 14.6 Å². The van der Waals surface area contributed by atoms with Crippen LogP contribution in [-0.4, -0.2) is 37.6 Å². The molecule has 3 nitrogen and oxygen atoms in total. The van der Waals surface area contributed by atoms with E-state index in [1.807, 2.05) is 0 Å². The summed E-state index contributed by atoms with van der Waals surface area (Å²) in [4.78, 5) is 0. The van der Waals surface area contributed by atoms with Gasteiger partial charge in [-0.05, 0) is 43.9 Å². The van der Waals surface area contributed by atoms with Gasteiger partial charge in [0, 0.05) is 26.4 Å². The Balaban J connectivity index is 1.51. The third-order valence-electron chi connectivity index (χ3n) is 4.51. The molecule has 0 radical (unpaired) electrons. The van der Waals surface area contributed by atoms with E-state index in [2.05, 4.69) is 0 Å². The number of ether oxygens (including phenoxy) is 2. The normalized spacial score (nSPS) is 25.2. The first-order valence-corrected chi connectivity index (χ1v) is 7.70. The van der Waals surface area contributed by atoms with E-state index in [0.717, 1.165) is 51.6 Å². The number of unbranched alkanes of at least 4 members (excludes halogenated alkanes) is 1. The van der Waals surface area contributed by atoms with Gasteiger partial charge in [-0.1, -0.05) is 19.3 Å². The summed E-state index contributed by atoms with van der Waals surface area (Å²) in [6.07, 6.45) is 9.22. The second kappa shape index (κ2) is 8.13. The maximum Gasteiger partial charge on any atom is 0.0570 e. The van der Waals surface area contributed by atoms with Crippen LogP contribution in [-0.2, 0) is 9.47 Å². The highest BCUT2D eigenvalue weighted by atomic mass is 16.5. The lowest BCUT2D eigenvalue weighted by Gasteiger charge is -2.27. The first-order chi connectivity index (χ1) is 8.86. The number of aliphatic hydroxyl groups excluding tert-OH is 1. The van der Waals surface area contributed by atoms with Crippen molar-refractivity contribution in [2.75, 3.05) is 26.4 Å². The summed E-state index contributed by atoms with van der Waals surface area (Å²) < 4.78 is 10.7. The Morgan fingerprint density at radius 1 is 0.889 bits per heavy atom. The molecular weight excluding hydrogens is 228 g/mol. The summed E-state index contributed by atoms with van der Waals surface area (Å²) in [5.41, 5.74) is 0. The van der Waals surface area contributed by atoms with E-state index >= 15 is 0 Å². The van der Waals surface area contributed by atoms with Gasteiger partial charge >= 0.3 is 0 Å². The highest BCUT2D eigenvalue weighted by molar-refractivity contribution is 4.72. The van der Waals surface area contributed by atoms with Crippen molar-refractivity contribution in [2.45, 2.75) is 57.5 Å². The molecule has 2 rings (SSSR count). The number of hydrogen-bond donors (Lipinski definition) is 1. The highest BCUT2D eigenvalue weighted by Gasteiger charge is 2.21. The first kappa shape index (κ1) is 14.3. The van der Waals surface area contributed by atoms with Crippen LogP contribution in [0.1, 0.15) is 51.4 Å². The molecule has 18 heavy (non-hydrogen) atoms. The molecule has 3 heteroatoms. The third-order valence-corrected chi connectivity index (χ3v) is 4.51. The number of aliphatic hydroxyl groups is 1. The van der Waals surface area contributed by atoms with E-state index in [4.69, 9.17) is 9.47 Å². The maximum atomic E-state index is 10.1. The van der Waals surface area contributed by atoms with Crippen LogP contribution in [0.4, 0.5) is 0 Å². The van der Waals surface area contributed by atoms with Gasteiger partial charge in [0.2, 0.25) is 0 Å². The number of rotatable bonds is 6. The van der Waals surface area contributed by atoms with Crippen molar-refractivity contribution in [3.05, 3.63) is 0 Å². The largest absolute Gasteiger partial charge is 0.393 e. The van der Waals surface area contributed by atoms with Gasteiger partial charge in [0.1, 0.15) is 0 Å². The van der Waals surface area contributed by atoms with E-state index in [-0.39, 0.29) is 6.10 Å². The van der Waals surface area contributed by atoms with E-state index in [0.29, 0.717) is 5.92 Å². The Morgan fingerprint density at radius 3 is 2.17 bits per heavy atom. The molecule has 0 spiro atoms. The molecule has 2 heterocycles. The molecule has 0 bridgehead atoms. The Labute approximate surface area is 111 Å². The standard InChI is InChI=1S/C15H28O3/c16-15(14-7-11-18-12-8-14)4-2-1-3-13-5-9-17-10-6-13/h13-16H,1-12H2. The van der Waals surface area contributed by atoms with Crippen molar-refractivity contribution in [1.82, 2.24) is 0 Å². The first-order valence-electron chi connectivity index (χ1n) is 7.70. The number of hydrogen-bond acceptors (Lipinski definition) is 3. The van der Waals surface area contributed by atoms with Gasteiger partial charge in [0.25, 0.3) is 0 Å². The molecular formula is C15H28O3. The van der Waals surface area contributed by atoms with Crippen LogP contribution >= 0.6 is 0 Å². The summed E-state index contributed by atoms with van der Waals surface area (Å²) in [5.74, 6) is 1.36. The summed E-state index contributed by atoms with van der Waals surface area (Å²) in [5, 5.41) is 10.1. The highest BCUT2D eigenvalue weighted by Crippen LogP contribution is 2.24. The zero-order valence-electron chi connectivity index (χ0n) is 11.5. The van der Waals surface area contributed by atoms with Crippen molar-refractivity contribution >= 4 is 0 Å². The summed E-state index contributed by atoms with van der Waals surface area (Å²) >= 11 is 0. The molecule has 0 saturated carbocycles. The Morgan fingerprint density at radius 2 is 1.50 bits per heavy atom. The Kier molecular flexibility index (Phi) is 6.46. The lowest BCUT2D eigenvalue weighted by molar-refractivity contribution is 0.00373. The van der Waals surface area contributed by atoms with Gasteiger partial charge in [0.05, 0.1) is 6.10 Å². The molecule has 2 saturated heterocycles. The van der Waals surface area contributed by atoms with Gasteiger partial charge in [-0.25, -0.2) is 0 Å². The van der Waals surface area contributed by atoms with Crippen molar-refractivity contribution in [1.29, 1.82) is 0 Å². The molecule has 0 aromatic carbocycles. The minimum absolute atomic E-state index is 0.0939. The van der Waals surface area contributed by atoms with Gasteiger partial charge in [0.15, 0.2) is 0 Å². The average molecular weight is 256 g/mol. The maximum absolute atomic E-state index is 10.1. The van der Waals surface area contributed by atoms with Crippen molar-refractivity contribution in [3.63, 3.8) is 0 Å². The molecule has 1 unspecified atom stereocenters. The third kappa shape index (κ3) is 4.87. The fourth-order valence-electron chi connectivity index (χ4n) is 3.16. The van der Waals surface area contributed by atoms with Crippen LogP contribution in [0.25, 0.3) is 0 Å². The van der Waals surface area contributed by atoms with Crippen LogP contribution in [0.5, 0.6) is 0 Å². The molecule has 0 aromatic rings. The Hall–Kier alpha value is -0.120. The average Bonchev–Trinajstić information content (AvgIpc) is 2.45. The molecule has 2 aliphatic rings. The molecule has 0 amide bonds. The monoisotopic (exact) mass is 256 g/mol. The summed E-state index contributed by atoms with van der Waals surface area (Å²) in [7, 11) is 0. The predicted molar refractivity (Wildman–Crippen MR) is 71.6 cm³/mol. The second-order valence-electron chi connectivity index (χ2n) is 5.86. The fraction of sp³-hybridized carbons (Fsp3) is 1.00. The van der Waals surface area contributed by atoms with Crippen molar-refractivity contribution < 1.29 is 14.6 Å². The minimum Gasteiger partial charge on any atom is -0.393 e. The van der Waals surface area contributed by atoms with Crippen molar-refractivity contribution in [3.8, 4) is 0 Å². The zero-order chi connectivity index (χ0) is 12.6. The molecule has 1 N–H and O–H groups in total. The molecule has 0 aromatic heterocycles. The second-order valence-corrected chi connectivity index (χ2v) is 5.86. The van der Waals surface area contributed by atoms with Crippen LogP contribution in [0.3, 0.4) is 0 Å². The van der Waals surface area contributed by atoms with E-state index in [9.17, 15) is 5.11 Å². The topological polar surface area (TPSA) is 38.7 Å². The van der Waals surface area contributed by atoms with E-state index < -0.39 is 0 Å². The quantitative estimate of drug-likeness (QED) is 0.743. The predicted octanol–water partition coefficient (Wildman–Crippen LogP) is 2.76. The van der Waals surface area contributed by atoms with Gasteiger partial charge in [-0.15, -0.1) is 0 Å². The molecule has 2 fully saturated rings. The minimum atomic E-state index is -0.0939. The fourth-order valence-corrected chi connectivity index (χ4v) is 3.16. The lowest BCUT2D eigenvalue weighted by atomic mass is 9.89. The van der Waals surface area contributed by atoms with E-state index in [1.54, 1.807) is 0 Å². The van der Waals surface area contributed by atoms with Crippen LogP contribution < -0.4 is 0 Å². The molecule has 1 atom stereocenters. The smallest absolute Gasteiger partial charge is 0.0570 e. The van der Waals surface area contributed by atoms with Crippen LogP contribution in [0, 0.1) is 11.8 Å². The molecule has 2 aliphatic heterocycles. The lowest BCUT2D eigenvalue weighted by Crippen LogP contribution is -2.27. The summed E-state index contributed by atoms with van der Waals surface area (Å²) in [6, 6.07) is 0. The summed E-state index contributed by atoms with van der Waals surface area (Å²) in [6.45, 7) is 3.58. The van der Waals surface area contributed by atoms with Gasteiger partial charge in [-0.3, -0.25) is 0 Å². The van der Waals surface area contributed by atoms with Crippen LogP contribution in [0.15, 0.2) is 0 Å². The van der Waals surface area contributed by atoms with Crippen LogP contribution in [0.2, 0.25) is 0 Å². The molecule has 0 aliphatic carbocycles. The molecule has 106 valence electrons. The van der Waals surface area contributed by atoms with Crippen molar-refractivity contribution in [2.24, 2.45) is 11.8 Å². The van der Waals surface area contributed by atoms with Gasteiger partial charge in [-0.2, -0.15) is 0 Å². The zero-order valence-corrected chi connectivity index (χ0v) is 11.5. The SMILES string of the molecule is OC(CCCCC1CCOCC1)C1CCOCC1. The van der Waals surface area contributed by atoms with E-state index in [1.165, 1.54) is 32.1 Å². The Bertz CT molecular complexity index is 208.